The zero-order valence-corrected chi connectivity index (χ0v) is 47.6. The molecule has 6 nitrogen and oxygen atoms in total. The van der Waals surface area contributed by atoms with E-state index in [1.165, 1.54) is 109 Å². The van der Waals surface area contributed by atoms with Gasteiger partial charge in [-0.1, -0.05) is 239 Å². The Hall–Kier alpha value is -3.93. The molecule has 73 heavy (non-hydrogen) atoms. The van der Waals surface area contributed by atoms with Crippen molar-refractivity contribution in [1.29, 1.82) is 0 Å². The first-order valence-corrected chi connectivity index (χ1v) is 30.4. The van der Waals surface area contributed by atoms with Crippen LogP contribution >= 0.6 is 0 Å². The Kier molecular flexibility index (Phi) is 57.4. The van der Waals surface area contributed by atoms with E-state index in [4.69, 9.17) is 14.2 Å². The molecule has 0 aromatic carbocycles. The number of ether oxygens (including phenoxy) is 3. The van der Waals surface area contributed by atoms with E-state index >= 15 is 0 Å². The fraction of sp³-hybridized carbons (Fsp3) is 0.687. The van der Waals surface area contributed by atoms with Gasteiger partial charge in [0.2, 0.25) is 0 Å². The highest BCUT2D eigenvalue weighted by atomic mass is 16.6. The lowest BCUT2D eigenvalue weighted by molar-refractivity contribution is -0.167. The molecule has 1 unspecified atom stereocenters. The highest BCUT2D eigenvalue weighted by molar-refractivity contribution is 5.71. The highest BCUT2D eigenvalue weighted by Crippen LogP contribution is 2.14. The van der Waals surface area contributed by atoms with E-state index in [1.807, 2.05) is 0 Å². The molecule has 0 fully saturated rings. The fourth-order valence-corrected chi connectivity index (χ4v) is 8.18. The molecule has 0 heterocycles. The van der Waals surface area contributed by atoms with Crippen molar-refractivity contribution < 1.29 is 28.6 Å². The van der Waals surface area contributed by atoms with Crippen LogP contribution in [0.25, 0.3) is 0 Å². The van der Waals surface area contributed by atoms with Crippen molar-refractivity contribution in [2.75, 3.05) is 13.2 Å². The lowest BCUT2D eigenvalue weighted by atomic mass is 10.1. The van der Waals surface area contributed by atoms with E-state index in [0.717, 1.165) is 128 Å². The number of hydrogen-bond acceptors (Lipinski definition) is 6. The Morgan fingerprint density at radius 1 is 0.288 bits per heavy atom. The molecule has 0 rings (SSSR count). The van der Waals surface area contributed by atoms with Gasteiger partial charge < -0.3 is 14.2 Å². The van der Waals surface area contributed by atoms with E-state index in [1.54, 1.807) is 0 Å². The van der Waals surface area contributed by atoms with Crippen LogP contribution in [0.4, 0.5) is 0 Å². The van der Waals surface area contributed by atoms with E-state index in [2.05, 4.69) is 130 Å². The van der Waals surface area contributed by atoms with Crippen LogP contribution in [0.1, 0.15) is 278 Å². The van der Waals surface area contributed by atoms with Crippen molar-refractivity contribution in [3.63, 3.8) is 0 Å². The normalized spacial score (nSPS) is 12.9. The molecule has 6 heteroatoms. The van der Waals surface area contributed by atoms with Gasteiger partial charge in [0.15, 0.2) is 6.10 Å². The SMILES string of the molecule is CC/C=C\C/C=C\C/C=C\C/C=C\C/C=C\CCCCCC(=O)OC(COC(=O)CCCCCCC/C=C\C/C=C\CCCCC)COC(=O)CCCCCCCCCCC/C=C\C/C=C\CCCCCCC. The third-order valence-electron chi connectivity index (χ3n) is 12.7. The summed E-state index contributed by atoms with van der Waals surface area (Å²) in [4.78, 5) is 38.3. The molecule has 0 spiro atoms. The molecule has 0 aromatic rings. The van der Waals surface area contributed by atoms with Crippen molar-refractivity contribution in [2.45, 2.75) is 284 Å². The van der Waals surface area contributed by atoms with Gasteiger partial charge in [-0.05, 0) is 128 Å². The number of carbonyl (C=O) groups is 3. The second-order valence-corrected chi connectivity index (χ2v) is 19.9. The molecular formula is C67H112O6. The number of unbranched alkanes of at least 4 members (excludes halogenated alkanes) is 25. The van der Waals surface area contributed by atoms with Gasteiger partial charge in [0.25, 0.3) is 0 Å². The maximum absolute atomic E-state index is 12.9. The Labute approximate surface area is 450 Å². The minimum Gasteiger partial charge on any atom is -0.462 e. The summed E-state index contributed by atoms with van der Waals surface area (Å²) in [5, 5.41) is 0. The lowest BCUT2D eigenvalue weighted by Gasteiger charge is -2.18. The van der Waals surface area contributed by atoms with E-state index in [9.17, 15) is 14.4 Å². The molecule has 0 aliphatic rings. The Morgan fingerprint density at radius 3 is 0.877 bits per heavy atom. The van der Waals surface area contributed by atoms with E-state index < -0.39 is 6.10 Å². The summed E-state index contributed by atoms with van der Waals surface area (Å²) < 4.78 is 16.9. The minimum atomic E-state index is -0.806. The summed E-state index contributed by atoms with van der Waals surface area (Å²) in [6.07, 6.45) is 82.2. The first-order chi connectivity index (χ1) is 36.0. The van der Waals surface area contributed by atoms with Gasteiger partial charge in [0.1, 0.15) is 13.2 Å². The van der Waals surface area contributed by atoms with Gasteiger partial charge in [-0.15, -0.1) is 0 Å². The van der Waals surface area contributed by atoms with Crippen molar-refractivity contribution in [1.82, 2.24) is 0 Å². The van der Waals surface area contributed by atoms with Crippen LogP contribution < -0.4 is 0 Å². The number of esters is 3. The Morgan fingerprint density at radius 2 is 0.534 bits per heavy atom. The molecule has 416 valence electrons. The number of carbonyl (C=O) groups excluding carboxylic acids is 3. The Bertz CT molecular complexity index is 1490. The third-order valence-corrected chi connectivity index (χ3v) is 12.7. The van der Waals surface area contributed by atoms with Gasteiger partial charge in [0.05, 0.1) is 0 Å². The monoisotopic (exact) mass is 1010 g/mol. The molecule has 0 aromatic heterocycles. The van der Waals surface area contributed by atoms with Gasteiger partial charge in [-0.3, -0.25) is 14.4 Å². The summed E-state index contributed by atoms with van der Waals surface area (Å²) >= 11 is 0. The predicted octanol–water partition coefficient (Wildman–Crippen LogP) is 20.7. The molecule has 0 aliphatic heterocycles. The van der Waals surface area contributed by atoms with Crippen LogP contribution in [0.3, 0.4) is 0 Å². The van der Waals surface area contributed by atoms with E-state index in [0.29, 0.717) is 12.8 Å². The van der Waals surface area contributed by atoms with E-state index in [-0.39, 0.29) is 37.5 Å². The standard InChI is InChI=1S/C67H112O6/c1-4-7-10-13-16-19-22-25-28-30-32-33-35-36-39-42-45-48-51-54-57-60-66(69)72-63-64(62-71-65(68)59-56-53-50-47-44-41-38-27-24-21-18-15-12-9-6-3)73-67(70)61-58-55-52-49-46-43-40-37-34-31-29-26-23-20-17-14-11-8-5-2/h8,11,17-18,20-22,25-27,29-30,32,34,37-38,43,46,64H,4-7,9-10,12-16,19,23-24,28,31,33,35-36,39-42,44-45,47-63H2,1-3H3/b11-8-,20-17-,21-18-,25-22-,29-26-,32-30-,37-34-,38-27-,46-43-. The summed E-state index contributed by atoms with van der Waals surface area (Å²) in [6, 6.07) is 0. The average molecular weight is 1010 g/mol. The average Bonchev–Trinajstić information content (AvgIpc) is 3.39. The van der Waals surface area contributed by atoms with Crippen molar-refractivity contribution in [3.05, 3.63) is 109 Å². The summed E-state index contributed by atoms with van der Waals surface area (Å²) in [5.74, 6) is -0.947. The number of allylic oxidation sites excluding steroid dienone is 18. The molecule has 0 saturated carbocycles. The van der Waals surface area contributed by atoms with Crippen molar-refractivity contribution in [3.8, 4) is 0 Å². The maximum atomic E-state index is 12.9. The molecule has 1 atom stereocenters. The van der Waals surface area contributed by atoms with Crippen LogP contribution in [-0.2, 0) is 28.6 Å². The molecule has 0 radical (unpaired) electrons. The summed E-state index contributed by atoms with van der Waals surface area (Å²) in [6.45, 7) is 6.46. The quantitative estimate of drug-likeness (QED) is 0.0261. The first kappa shape index (κ1) is 69.1. The second kappa shape index (κ2) is 60.6. The third kappa shape index (κ3) is 58.8. The van der Waals surface area contributed by atoms with Crippen molar-refractivity contribution >= 4 is 17.9 Å². The smallest absolute Gasteiger partial charge is 0.306 e. The molecule has 0 saturated heterocycles. The first-order valence-electron chi connectivity index (χ1n) is 30.4. The number of hydrogen-bond donors (Lipinski definition) is 0. The highest BCUT2D eigenvalue weighted by Gasteiger charge is 2.19. The topological polar surface area (TPSA) is 78.9 Å². The van der Waals surface area contributed by atoms with Crippen LogP contribution in [0.15, 0.2) is 109 Å². The zero-order chi connectivity index (χ0) is 52.9. The molecule has 0 aliphatic carbocycles. The lowest BCUT2D eigenvalue weighted by Crippen LogP contribution is -2.30. The van der Waals surface area contributed by atoms with Crippen LogP contribution in [-0.4, -0.2) is 37.2 Å². The minimum absolute atomic E-state index is 0.0995. The van der Waals surface area contributed by atoms with Crippen molar-refractivity contribution in [2.24, 2.45) is 0 Å². The van der Waals surface area contributed by atoms with Gasteiger partial charge in [-0.25, -0.2) is 0 Å². The summed E-state index contributed by atoms with van der Waals surface area (Å²) in [5.41, 5.74) is 0. The molecule has 0 N–H and O–H groups in total. The fourth-order valence-electron chi connectivity index (χ4n) is 8.18. The molecule has 0 amide bonds. The Balaban J connectivity index is 4.46. The second-order valence-electron chi connectivity index (χ2n) is 19.9. The zero-order valence-electron chi connectivity index (χ0n) is 47.6. The van der Waals surface area contributed by atoms with Crippen LogP contribution in [0, 0.1) is 0 Å². The largest absolute Gasteiger partial charge is 0.462 e. The van der Waals surface area contributed by atoms with Crippen LogP contribution in [0.5, 0.6) is 0 Å². The molecule has 0 bridgehead atoms. The summed E-state index contributed by atoms with van der Waals surface area (Å²) in [7, 11) is 0. The van der Waals surface area contributed by atoms with Gasteiger partial charge >= 0.3 is 17.9 Å². The molecular weight excluding hydrogens is 901 g/mol. The van der Waals surface area contributed by atoms with Crippen LogP contribution in [0.2, 0.25) is 0 Å². The maximum Gasteiger partial charge on any atom is 0.306 e. The predicted molar refractivity (Wildman–Crippen MR) is 316 cm³/mol. The van der Waals surface area contributed by atoms with Gasteiger partial charge in [-0.2, -0.15) is 0 Å². The number of rotatable bonds is 54. The van der Waals surface area contributed by atoms with Gasteiger partial charge in [0, 0.05) is 19.3 Å².